The van der Waals surface area contributed by atoms with Crippen LogP contribution < -0.4 is 5.32 Å². The smallest absolute Gasteiger partial charge is 0.328 e. The lowest BCUT2D eigenvalue weighted by molar-refractivity contribution is -0.141. The Morgan fingerprint density at radius 3 is 2.48 bits per heavy atom. The van der Waals surface area contributed by atoms with Crippen molar-refractivity contribution in [1.82, 2.24) is 19.9 Å². The number of carbonyl (C=O) groups is 1. The van der Waals surface area contributed by atoms with E-state index in [0.717, 1.165) is 5.56 Å². The number of hydrogen-bond acceptors (Lipinski definition) is 6. The van der Waals surface area contributed by atoms with Crippen LogP contribution in [0.1, 0.15) is 13.8 Å². The van der Waals surface area contributed by atoms with Gasteiger partial charge in [0, 0.05) is 29.5 Å². The third-order valence-electron chi connectivity index (χ3n) is 3.40. The van der Waals surface area contributed by atoms with Crippen molar-refractivity contribution >= 4 is 22.7 Å². The SMILES string of the molecule is CC(C)(Nc1nc(-c2ccncc2)nc2cnccc12)C(=O)O. The van der Waals surface area contributed by atoms with E-state index in [1.807, 2.05) is 0 Å². The standard InChI is InChI=1S/C16H15N5O2/c1-16(2,15(22)23)21-14-11-5-8-18-9-12(11)19-13(20-14)10-3-6-17-7-4-10/h3-9H,1-2H3,(H,22,23)(H,19,20,21). The summed E-state index contributed by atoms with van der Waals surface area (Å²) in [6.45, 7) is 3.16. The van der Waals surface area contributed by atoms with E-state index in [1.165, 1.54) is 0 Å². The molecule has 0 atom stereocenters. The molecule has 0 saturated carbocycles. The van der Waals surface area contributed by atoms with Gasteiger partial charge < -0.3 is 10.4 Å². The third-order valence-corrected chi connectivity index (χ3v) is 3.40. The van der Waals surface area contributed by atoms with Crippen molar-refractivity contribution in [3.8, 4) is 11.4 Å². The average molecular weight is 309 g/mol. The second kappa shape index (κ2) is 5.60. The van der Waals surface area contributed by atoms with E-state index in [9.17, 15) is 9.90 Å². The van der Waals surface area contributed by atoms with Gasteiger partial charge in [-0.2, -0.15) is 0 Å². The lowest BCUT2D eigenvalue weighted by Crippen LogP contribution is -2.40. The average Bonchev–Trinajstić information content (AvgIpc) is 2.55. The van der Waals surface area contributed by atoms with Gasteiger partial charge in [-0.25, -0.2) is 14.8 Å². The third kappa shape index (κ3) is 2.94. The number of fused-ring (bicyclic) bond motifs is 1. The molecule has 0 aliphatic heterocycles. The summed E-state index contributed by atoms with van der Waals surface area (Å²) in [5.74, 6) is -0.0306. The second-order valence-electron chi connectivity index (χ2n) is 5.58. The quantitative estimate of drug-likeness (QED) is 0.762. The van der Waals surface area contributed by atoms with Gasteiger partial charge in [-0.3, -0.25) is 9.97 Å². The molecule has 3 rings (SSSR count). The first-order chi connectivity index (χ1) is 11.0. The number of aromatic nitrogens is 4. The van der Waals surface area contributed by atoms with Gasteiger partial charge in [-0.15, -0.1) is 0 Å². The zero-order chi connectivity index (χ0) is 16.4. The molecule has 3 aromatic heterocycles. The van der Waals surface area contributed by atoms with Crippen LogP contribution in [0.15, 0.2) is 43.0 Å². The lowest BCUT2D eigenvalue weighted by Gasteiger charge is -2.22. The maximum absolute atomic E-state index is 11.4. The van der Waals surface area contributed by atoms with E-state index >= 15 is 0 Å². The molecule has 116 valence electrons. The van der Waals surface area contributed by atoms with Crippen molar-refractivity contribution in [2.75, 3.05) is 5.32 Å². The first kappa shape index (κ1) is 14.8. The molecule has 0 aromatic carbocycles. The van der Waals surface area contributed by atoms with Gasteiger partial charge in [-0.1, -0.05) is 0 Å². The summed E-state index contributed by atoms with van der Waals surface area (Å²) < 4.78 is 0. The summed E-state index contributed by atoms with van der Waals surface area (Å²) in [5.41, 5.74) is 0.264. The van der Waals surface area contributed by atoms with E-state index in [4.69, 9.17) is 0 Å². The highest BCUT2D eigenvalue weighted by Gasteiger charge is 2.28. The van der Waals surface area contributed by atoms with Crippen LogP contribution in [0.25, 0.3) is 22.3 Å². The first-order valence-electron chi connectivity index (χ1n) is 7.01. The Labute approximate surface area is 132 Å². The van der Waals surface area contributed by atoms with Crippen LogP contribution in [0.2, 0.25) is 0 Å². The highest BCUT2D eigenvalue weighted by atomic mass is 16.4. The highest BCUT2D eigenvalue weighted by Crippen LogP contribution is 2.26. The zero-order valence-electron chi connectivity index (χ0n) is 12.7. The summed E-state index contributed by atoms with van der Waals surface area (Å²) >= 11 is 0. The largest absolute Gasteiger partial charge is 0.480 e. The number of hydrogen-bond donors (Lipinski definition) is 2. The summed E-state index contributed by atoms with van der Waals surface area (Å²) in [6, 6.07) is 5.35. The van der Waals surface area contributed by atoms with Crippen molar-refractivity contribution in [3.05, 3.63) is 43.0 Å². The van der Waals surface area contributed by atoms with E-state index in [-0.39, 0.29) is 0 Å². The fourth-order valence-corrected chi connectivity index (χ4v) is 2.06. The van der Waals surface area contributed by atoms with Gasteiger partial charge in [0.2, 0.25) is 0 Å². The molecule has 0 radical (unpaired) electrons. The van der Waals surface area contributed by atoms with Crippen LogP contribution in [0.4, 0.5) is 5.82 Å². The number of pyridine rings is 2. The molecule has 2 N–H and O–H groups in total. The molecule has 7 heteroatoms. The summed E-state index contributed by atoms with van der Waals surface area (Å²) in [7, 11) is 0. The lowest BCUT2D eigenvalue weighted by atomic mass is 10.1. The molecule has 0 unspecified atom stereocenters. The maximum atomic E-state index is 11.4. The maximum Gasteiger partial charge on any atom is 0.328 e. The van der Waals surface area contributed by atoms with Crippen molar-refractivity contribution in [2.24, 2.45) is 0 Å². The molecule has 0 bridgehead atoms. The fourth-order valence-electron chi connectivity index (χ4n) is 2.06. The molecule has 0 saturated heterocycles. The van der Waals surface area contributed by atoms with E-state index in [2.05, 4.69) is 25.3 Å². The molecular weight excluding hydrogens is 294 g/mol. The van der Waals surface area contributed by atoms with Crippen LogP contribution in [-0.4, -0.2) is 36.6 Å². The van der Waals surface area contributed by atoms with Gasteiger partial charge in [-0.05, 0) is 32.0 Å². The highest BCUT2D eigenvalue weighted by molar-refractivity contribution is 5.92. The first-order valence-corrected chi connectivity index (χ1v) is 7.01. The number of nitrogens with zero attached hydrogens (tertiary/aromatic N) is 4. The number of rotatable bonds is 4. The summed E-state index contributed by atoms with van der Waals surface area (Å²) in [5, 5.41) is 13.0. The normalized spacial score (nSPS) is 11.4. The molecule has 0 aliphatic rings. The second-order valence-corrected chi connectivity index (χ2v) is 5.58. The number of nitrogens with one attached hydrogen (secondary N) is 1. The van der Waals surface area contributed by atoms with Gasteiger partial charge in [0.05, 0.1) is 11.7 Å². The number of carboxylic acids is 1. The van der Waals surface area contributed by atoms with E-state index < -0.39 is 11.5 Å². The molecular formula is C16H15N5O2. The minimum absolute atomic E-state index is 0.455. The summed E-state index contributed by atoms with van der Waals surface area (Å²) in [4.78, 5) is 28.4. The van der Waals surface area contributed by atoms with Crippen molar-refractivity contribution in [1.29, 1.82) is 0 Å². The Morgan fingerprint density at radius 2 is 1.78 bits per heavy atom. The minimum atomic E-state index is -1.17. The Balaban J connectivity index is 2.17. The van der Waals surface area contributed by atoms with Crippen LogP contribution in [0, 0.1) is 0 Å². The molecule has 23 heavy (non-hydrogen) atoms. The molecule has 0 amide bonds. The predicted molar refractivity (Wildman–Crippen MR) is 85.9 cm³/mol. The van der Waals surface area contributed by atoms with Crippen LogP contribution in [0.5, 0.6) is 0 Å². The Kier molecular flexibility index (Phi) is 3.61. The number of aliphatic carboxylic acids is 1. The number of carboxylic acid groups (broad SMARTS) is 1. The van der Waals surface area contributed by atoms with Crippen molar-refractivity contribution in [3.63, 3.8) is 0 Å². The Bertz CT molecular complexity index is 865. The molecule has 0 spiro atoms. The van der Waals surface area contributed by atoms with Gasteiger partial charge >= 0.3 is 5.97 Å². The van der Waals surface area contributed by atoms with Crippen molar-refractivity contribution < 1.29 is 9.90 Å². The Morgan fingerprint density at radius 1 is 1.09 bits per heavy atom. The fraction of sp³-hybridized carbons (Fsp3) is 0.188. The Hall–Kier alpha value is -3.09. The van der Waals surface area contributed by atoms with Gasteiger partial charge in [0.15, 0.2) is 5.82 Å². The topological polar surface area (TPSA) is 101 Å². The molecule has 0 fully saturated rings. The van der Waals surface area contributed by atoms with E-state index in [0.29, 0.717) is 22.5 Å². The monoisotopic (exact) mass is 309 g/mol. The van der Waals surface area contributed by atoms with Crippen LogP contribution >= 0.6 is 0 Å². The molecule has 0 aliphatic carbocycles. The minimum Gasteiger partial charge on any atom is -0.480 e. The predicted octanol–water partition coefficient (Wildman–Crippen LogP) is 2.36. The zero-order valence-corrected chi connectivity index (χ0v) is 12.7. The van der Waals surface area contributed by atoms with Crippen LogP contribution in [0.3, 0.4) is 0 Å². The van der Waals surface area contributed by atoms with E-state index in [1.54, 1.807) is 56.8 Å². The summed E-state index contributed by atoms with van der Waals surface area (Å²) in [6.07, 6.45) is 6.55. The van der Waals surface area contributed by atoms with Gasteiger partial charge in [0.1, 0.15) is 11.4 Å². The van der Waals surface area contributed by atoms with Crippen molar-refractivity contribution in [2.45, 2.75) is 19.4 Å². The van der Waals surface area contributed by atoms with Crippen LogP contribution in [-0.2, 0) is 4.79 Å². The molecule has 3 aromatic rings. The molecule has 3 heterocycles. The van der Waals surface area contributed by atoms with Gasteiger partial charge in [0.25, 0.3) is 0 Å². The number of anilines is 1. The molecule has 7 nitrogen and oxygen atoms in total.